The van der Waals surface area contributed by atoms with Crippen LogP contribution in [0.2, 0.25) is 5.02 Å². The van der Waals surface area contributed by atoms with E-state index < -0.39 is 17.4 Å². The molecule has 9 heteroatoms. The summed E-state index contributed by atoms with van der Waals surface area (Å²) in [4.78, 5) is 33.1. The number of rotatable bonds is 8. The van der Waals surface area contributed by atoms with Crippen molar-refractivity contribution in [2.45, 2.75) is 24.7 Å². The fourth-order valence-corrected chi connectivity index (χ4v) is 6.55. The SMILES string of the molecule is O=C(NCCCN1CCN(c2ccc(F)cc2)CC1)[C@@H]1[C@H]2C=C[C@@]3(CN(Cc4ccccc4Cl)C(=O)[C@@H]13)O2. The van der Waals surface area contributed by atoms with Crippen LogP contribution in [0, 0.1) is 17.7 Å². The highest BCUT2D eigenvalue weighted by atomic mass is 35.5. The molecule has 4 atom stereocenters. The van der Waals surface area contributed by atoms with Crippen molar-refractivity contribution in [3.05, 3.63) is 77.1 Å². The van der Waals surface area contributed by atoms with Gasteiger partial charge in [0, 0.05) is 50.0 Å². The zero-order chi connectivity index (χ0) is 26.3. The number of nitrogens with zero attached hydrogens (tertiary/aromatic N) is 3. The van der Waals surface area contributed by atoms with E-state index in [1.54, 1.807) is 4.90 Å². The lowest BCUT2D eigenvalue weighted by atomic mass is 9.77. The third kappa shape index (κ3) is 4.70. The normalized spacial score (nSPS) is 28.3. The zero-order valence-electron chi connectivity index (χ0n) is 21.2. The molecule has 7 nitrogen and oxygen atoms in total. The van der Waals surface area contributed by atoms with Gasteiger partial charge in [-0.25, -0.2) is 4.39 Å². The van der Waals surface area contributed by atoms with Crippen LogP contribution < -0.4 is 10.2 Å². The molecule has 200 valence electrons. The van der Waals surface area contributed by atoms with Gasteiger partial charge in [0.2, 0.25) is 11.8 Å². The van der Waals surface area contributed by atoms with E-state index in [0.29, 0.717) is 24.7 Å². The molecule has 4 aliphatic heterocycles. The average molecular weight is 539 g/mol. The molecule has 1 N–H and O–H groups in total. The minimum atomic E-state index is -0.727. The van der Waals surface area contributed by atoms with Crippen molar-refractivity contribution >= 4 is 29.1 Å². The lowest BCUT2D eigenvalue weighted by Crippen LogP contribution is -2.47. The van der Waals surface area contributed by atoms with E-state index in [9.17, 15) is 14.0 Å². The Labute approximate surface area is 227 Å². The predicted molar refractivity (Wildman–Crippen MR) is 143 cm³/mol. The fraction of sp³-hybridized carbons (Fsp3) is 0.448. The van der Waals surface area contributed by atoms with Crippen molar-refractivity contribution in [2.75, 3.05) is 50.7 Å². The lowest BCUT2D eigenvalue weighted by molar-refractivity contribution is -0.137. The monoisotopic (exact) mass is 538 g/mol. The summed E-state index contributed by atoms with van der Waals surface area (Å²) in [5.74, 6) is -1.39. The van der Waals surface area contributed by atoms with E-state index in [4.69, 9.17) is 16.3 Å². The molecule has 38 heavy (non-hydrogen) atoms. The van der Waals surface area contributed by atoms with E-state index in [2.05, 4.69) is 15.1 Å². The highest BCUT2D eigenvalue weighted by molar-refractivity contribution is 6.31. The maximum Gasteiger partial charge on any atom is 0.230 e. The molecule has 4 aliphatic rings. The van der Waals surface area contributed by atoms with Crippen LogP contribution in [0.5, 0.6) is 0 Å². The van der Waals surface area contributed by atoms with Gasteiger partial charge in [0.05, 0.1) is 24.5 Å². The number of piperazine rings is 1. The number of fused-ring (bicyclic) bond motifs is 1. The number of amides is 2. The number of ether oxygens (including phenoxy) is 1. The molecule has 2 bridgehead atoms. The van der Waals surface area contributed by atoms with Crippen molar-refractivity contribution in [2.24, 2.45) is 11.8 Å². The number of carbonyl (C=O) groups excluding carboxylic acids is 2. The standard InChI is InChI=1S/C29H32ClFN4O3/c30-23-5-2-1-4-20(23)18-35-19-29-11-10-24(38-29)25(26(29)28(35)37)27(36)32-12-3-13-33-14-16-34(17-15-33)22-8-6-21(31)7-9-22/h1-2,4-11,24-26H,3,12-19H2,(H,32,36)/t24-,25-,26-,29+/m1/s1. The second-order valence-electron chi connectivity index (χ2n) is 10.6. The predicted octanol–water partition coefficient (Wildman–Crippen LogP) is 3.09. The smallest absolute Gasteiger partial charge is 0.230 e. The van der Waals surface area contributed by atoms with Crippen molar-refractivity contribution in [3.63, 3.8) is 0 Å². The van der Waals surface area contributed by atoms with Crippen LogP contribution in [-0.4, -0.2) is 79.1 Å². The Morgan fingerprint density at radius 3 is 2.63 bits per heavy atom. The number of nitrogens with one attached hydrogen (secondary N) is 1. The molecule has 2 aromatic rings. The molecular weight excluding hydrogens is 507 g/mol. The van der Waals surface area contributed by atoms with Crippen molar-refractivity contribution < 1.29 is 18.7 Å². The third-order valence-electron chi connectivity index (χ3n) is 8.31. The highest BCUT2D eigenvalue weighted by Gasteiger charge is 2.66. The van der Waals surface area contributed by atoms with Gasteiger partial charge in [-0.1, -0.05) is 42.0 Å². The Morgan fingerprint density at radius 2 is 1.87 bits per heavy atom. The van der Waals surface area contributed by atoms with Gasteiger partial charge in [-0.05, 0) is 48.9 Å². The van der Waals surface area contributed by atoms with Crippen molar-refractivity contribution in [1.29, 1.82) is 0 Å². The molecule has 0 radical (unpaired) electrons. The second kappa shape index (κ2) is 10.3. The number of benzene rings is 2. The molecular formula is C29H32ClFN4O3. The molecule has 2 amide bonds. The highest BCUT2D eigenvalue weighted by Crippen LogP contribution is 2.52. The minimum Gasteiger partial charge on any atom is -0.369 e. The molecule has 3 fully saturated rings. The van der Waals surface area contributed by atoms with Crippen LogP contribution in [-0.2, 0) is 20.9 Å². The summed E-state index contributed by atoms with van der Waals surface area (Å²) in [6.45, 7) is 5.92. The lowest BCUT2D eigenvalue weighted by Gasteiger charge is -2.36. The summed E-state index contributed by atoms with van der Waals surface area (Å²) >= 11 is 6.33. The first kappa shape index (κ1) is 25.3. The Balaban J connectivity index is 0.987. The number of likely N-dealkylation sites (tertiary alicyclic amines) is 1. The Bertz CT molecular complexity index is 1230. The molecule has 6 rings (SSSR count). The summed E-state index contributed by atoms with van der Waals surface area (Å²) in [6.07, 6.45) is 4.39. The van der Waals surface area contributed by atoms with Gasteiger partial charge >= 0.3 is 0 Å². The first-order chi connectivity index (χ1) is 18.4. The molecule has 0 unspecified atom stereocenters. The molecule has 1 spiro atoms. The van der Waals surface area contributed by atoms with E-state index in [1.807, 2.05) is 48.6 Å². The molecule has 0 aromatic heterocycles. The van der Waals surface area contributed by atoms with Crippen LogP contribution in [0.3, 0.4) is 0 Å². The summed E-state index contributed by atoms with van der Waals surface area (Å²) in [5, 5.41) is 3.70. The minimum absolute atomic E-state index is 0.0454. The summed E-state index contributed by atoms with van der Waals surface area (Å²) in [5.41, 5.74) is 1.21. The summed E-state index contributed by atoms with van der Waals surface area (Å²) < 4.78 is 19.4. The largest absolute Gasteiger partial charge is 0.369 e. The van der Waals surface area contributed by atoms with Gasteiger partial charge in [0.25, 0.3) is 0 Å². The van der Waals surface area contributed by atoms with Gasteiger partial charge in [-0.15, -0.1) is 0 Å². The molecule has 2 aromatic carbocycles. The first-order valence-electron chi connectivity index (χ1n) is 13.3. The zero-order valence-corrected chi connectivity index (χ0v) is 21.9. The Hall–Kier alpha value is -2.94. The molecule has 0 aliphatic carbocycles. The van der Waals surface area contributed by atoms with E-state index in [0.717, 1.165) is 50.4 Å². The van der Waals surface area contributed by atoms with Crippen LogP contribution in [0.1, 0.15) is 12.0 Å². The van der Waals surface area contributed by atoms with Gasteiger partial charge in [0.1, 0.15) is 11.4 Å². The Morgan fingerprint density at radius 1 is 1.11 bits per heavy atom. The van der Waals surface area contributed by atoms with E-state index >= 15 is 0 Å². The third-order valence-corrected chi connectivity index (χ3v) is 8.68. The van der Waals surface area contributed by atoms with Crippen LogP contribution in [0.25, 0.3) is 0 Å². The average Bonchev–Trinajstić information content (AvgIpc) is 3.57. The number of hydrogen-bond acceptors (Lipinski definition) is 5. The molecule has 3 saturated heterocycles. The number of halogens is 2. The number of carbonyl (C=O) groups is 2. The second-order valence-corrected chi connectivity index (χ2v) is 11.0. The topological polar surface area (TPSA) is 65.1 Å². The quantitative estimate of drug-likeness (QED) is 0.413. The summed E-state index contributed by atoms with van der Waals surface area (Å²) in [6, 6.07) is 14.2. The van der Waals surface area contributed by atoms with Crippen molar-refractivity contribution in [3.8, 4) is 0 Å². The van der Waals surface area contributed by atoms with Crippen LogP contribution >= 0.6 is 11.6 Å². The van der Waals surface area contributed by atoms with Gasteiger partial charge in [-0.2, -0.15) is 0 Å². The fourth-order valence-electron chi connectivity index (χ4n) is 6.36. The maximum absolute atomic E-state index is 13.4. The van der Waals surface area contributed by atoms with Crippen molar-refractivity contribution in [1.82, 2.24) is 15.1 Å². The van der Waals surface area contributed by atoms with E-state index in [-0.39, 0.29) is 23.7 Å². The molecule has 0 saturated carbocycles. The summed E-state index contributed by atoms with van der Waals surface area (Å²) in [7, 11) is 0. The maximum atomic E-state index is 13.4. The van der Waals surface area contributed by atoms with Crippen LogP contribution in [0.4, 0.5) is 10.1 Å². The van der Waals surface area contributed by atoms with Gasteiger partial charge in [0.15, 0.2) is 0 Å². The van der Waals surface area contributed by atoms with Crippen LogP contribution in [0.15, 0.2) is 60.7 Å². The van der Waals surface area contributed by atoms with Gasteiger partial charge < -0.3 is 19.9 Å². The number of hydrogen-bond donors (Lipinski definition) is 1. The number of anilines is 1. The van der Waals surface area contributed by atoms with E-state index in [1.165, 1.54) is 12.1 Å². The Kier molecular flexibility index (Phi) is 6.88. The molecule has 4 heterocycles. The van der Waals surface area contributed by atoms with Gasteiger partial charge in [-0.3, -0.25) is 14.5 Å². The first-order valence-corrected chi connectivity index (χ1v) is 13.7.